The molecule has 2 aromatic carbocycles. The van der Waals surface area contributed by atoms with Gasteiger partial charge < -0.3 is 14.2 Å². The lowest BCUT2D eigenvalue weighted by atomic mass is 10.1. The number of esters is 2. The Balaban J connectivity index is 1.94. The summed E-state index contributed by atoms with van der Waals surface area (Å²) in [4.78, 5) is 27.6. The van der Waals surface area contributed by atoms with Gasteiger partial charge in [-0.1, -0.05) is 29.3 Å². The first kappa shape index (κ1) is 19.9. The second kappa shape index (κ2) is 8.46. The number of nitrogens with zero attached hydrogens (tertiary/aromatic N) is 1. The van der Waals surface area contributed by atoms with Gasteiger partial charge in [-0.25, -0.2) is 9.79 Å². The Bertz CT molecular complexity index is 1010. The third-order valence-electron chi connectivity index (χ3n) is 3.61. The summed E-state index contributed by atoms with van der Waals surface area (Å²) in [6, 6.07) is 9.69. The van der Waals surface area contributed by atoms with E-state index in [1.165, 1.54) is 6.92 Å². The summed E-state index contributed by atoms with van der Waals surface area (Å²) in [6.45, 7) is 3.50. The molecule has 1 heterocycles. The third kappa shape index (κ3) is 4.52. The smallest absolute Gasteiger partial charge is 0.363 e. The molecule has 6 nitrogen and oxygen atoms in total. The van der Waals surface area contributed by atoms with Crippen molar-refractivity contribution in [2.24, 2.45) is 4.99 Å². The Morgan fingerprint density at radius 1 is 1.18 bits per heavy atom. The van der Waals surface area contributed by atoms with Gasteiger partial charge in [0, 0.05) is 11.9 Å². The number of rotatable bonds is 5. The van der Waals surface area contributed by atoms with Crippen LogP contribution in [0.25, 0.3) is 6.08 Å². The zero-order valence-corrected chi connectivity index (χ0v) is 16.5. The van der Waals surface area contributed by atoms with E-state index in [1.807, 2.05) is 6.92 Å². The van der Waals surface area contributed by atoms with Crippen LogP contribution in [0.1, 0.15) is 25.0 Å². The topological polar surface area (TPSA) is 74.2 Å². The molecule has 144 valence electrons. The van der Waals surface area contributed by atoms with Crippen molar-refractivity contribution in [2.75, 3.05) is 6.61 Å². The summed E-state index contributed by atoms with van der Waals surface area (Å²) in [7, 11) is 0. The summed E-state index contributed by atoms with van der Waals surface area (Å²) in [5.41, 5.74) is 1.19. The first-order valence-electron chi connectivity index (χ1n) is 8.30. The molecule has 8 heteroatoms. The summed E-state index contributed by atoms with van der Waals surface area (Å²) >= 11 is 12.0. The van der Waals surface area contributed by atoms with E-state index in [0.717, 1.165) is 0 Å². The average molecular weight is 420 g/mol. The Labute approximate surface area is 171 Å². The van der Waals surface area contributed by atoms with E-state index in [9.17, 15) is 9.59 Å². The fourth-order valence-electron chi connectivity index (χ4n) is 2.47. The first-order valence-corrected chi connectivity index (χ1v) is 9.06. The van der Waals surface area contributed by atoms with E-state index >= 15 is 0 Å². The number of hydrogen-bond donors (Lipinski definition) is 0. The maximum Gasteiger partial charge on any atom is 0.363 e. The van der Waals surface area contributed by atoms with Crippen molar-refractivity contribution in [1.29, 1.82) is 0 Å². The van der Waals surface area contributed by atoms with Crippen LogP contribution in [-0.2, 0) is 14.3 Å². The van der Waals surface area contributed by atoms with Crippen molar-refractivity contribution >= 4 is 47.1 Å². The van der Waals surface area contributed by atoms with Crippen LogP contribution in [0.2, 0.25) is 10.0 Å². The molecule has 3 rings (SSSR count). The Kier molecular flexibility index (Phi) is 6.02. The molecule has 1 aliphatic heterocycles. The predicted octanol–water partition coefficient (Wildman–Crippen LogP) is 4.66. The molecule has 0 saturated heterocycles. The largest absolute Gasteiger partial charge is 0.490 e. The van der Waals surface area contributed by atoms with Gasteiger partial charge >= 0.3 is 11.9 Å². The molecule has 0 aliphatic carbocycles. The quantitative estimate of drug-likeness (QED) is 0.400. The van der Waals surface area contributed by atoms with Crippen LogP contribution in [0.15, 0.2) is 47.1 Å². The molecule has 2 aromatic rings. The van der Waals surface area contributed by atoms with Gasteiger partial charge in [-0.15, -0.1) is 0 Å². The van der Waals surface area contributed by atoms with Crippen molar-refractivity contribution < 1.29 is 23.8 Å². The predicted molar refractivity (Wildman–Crippen MR) is 106 cm³/mol. The Morgan fingerprint density at radius 3 is 2.64 bits per heavy atom. The average Bonchev–Trinajstić information content (AvgIpc) is 2.97. The zero-order valence-electron chi connectivity index (χ0n) is 15.0. The molecule has 28 heavy (non-hydrogen) atoms. The molecule has 0 bridgehead atoms. The van der Waals surface area contributed by atoms with Crippen molar-refractivity contribution in [3.8, 4) is 11.5 Å². The minimum Gasteiger partial charge on any atom is -0.490 e. The first-order chi connectivity index (χ1) is 13.4. The molecule has 0 aromatic heterocycles. The highest BCUT2D eigenvalue weighted by Crippen LogP contribution is 2.31. The van der Waals surface area contributed by atoms with Crippen molar-refractivity contribution in [1.82, 2.24) is 0 Å². The van der Waals surface area contributed by atoms with Gasteiger partial charge in [0.2, 0.25) is 5.90 Å². The zero-order chi connectivity index (χ0) is 20.3. The van der Waals surface area contributed by atoms with Crippen LogP contribution in [0.5, 0.6) is 11.5 Å². The molecule has 0 amide bonds. The molecule has 0 fully saturated rings. The molecular weight excluding hydrogens is 405 g/mol. The lowest BCUT2D eigenvalue weighted by Crippen LogP contribution is -2.06. The molecule has 0 unspecified atom stereocenters. The number of benzene rings is 2. The lowest BCUT2D eigenvalue weighted by Gasteiger charge is -2.10. The number of carbonyl (C=O) groups is 2. The summed E-state index contributed by atoms with van der Waals surface area (Å²) in [6.07, 6.45) is 1.54. The summed E-state index contributed by atoms with van der Waals surface area (Å²) in [5.74, 6) is -0.297. The normalized spacial score (nSPS) is 14.6. The van der Waals surface area contributed by atoms with Gasteiger partial charge in [0.05, 0.1) is 17.2 Å². The molecule has 0 spiro atoms. The molecule has 0 atom stereocenters. The Hall–Kier alpha value is -2.83. The van der Waals surface area contributed by atoms with Gasteiger partial charge in [0.25, 0.3) is 0 Å². The van der Waals surface area contributed by atoms with E-state index in [4.69, 9.17) is 37.4 Å². The highest BCUT2D eigenvalue weighted by molar-refractivity contribution is 6.37. The van der Waals surface area contributed by atoms with Crippen LogP contribution < -0.4 is 9.47 Å². The van der Waals surface area contributed by atoms with Crippen molar-refractivity contribution in [3.05, 3.63) is 63.3 Å². The van der Waals surface area contributed by atoms with Gasteiger partial charge in [-0.2, -0.15) is 0 Å². The Morgan fingerprint density at radius 2 is 1.96 bits per heavy atom. The number of carbonyl (C=O) groups excluding carboxylic acids is 2. The van der Waals surface area contributed by atoms with Crippen molar-refractivity contribution in [3.63, 3.8) is 0 Å². The number of cyclic esters (lactones) is 1. The SMILES string of the molecule is CCOc1cc(C=C2N=C(c3ccc(Cl)cc3Cl)OC2=O)ccc1OC(C)=O. The van der Waals surface area contributed by atoms with Crippen molar-refractivity contribution in [2.45, 2.75) is 13.8 Å². The van der Waals surface area contributed by atoms with E-state index in [0.29, 0.717) is 39.3 Å². The van der Waals surface area contributed by atoms with E-state index < -0.39 is 11.9 Å². The highest BCUT2D eigenvalue weighted by atomic mass is 35.5. The maximum absolute atomic E-state index is 12.2. The fraction of sp³-hybridized carbons (Fsp3) is 0.150. The van der Waals surface area contributed by atoms with E-state index in [2.05, 4.69) is 4.99 Å². The van der Waals surface area contributed by atoms with Crippen LogP contribution in [0, 0.1) is 0 Å². The van der Waals surface area contributed by atoms with Gasteiger partial charge in [-0.05, 0) is 48.9 Å². The third-order valence-corrected chi connectivity index (χ3v) is 4.15. The molecule has 0 saturated carbocycles. The van der Waals surface area contributed by atoms with E-state index in [1.54, 1.807) is 42.5 Å². The van der Waals surface area contributed by atoms with Gasteiger partial charge in [-0.3, -0.25) is 4.79 Å². The van der Waals surface area contributed by atoms with Crippen LogP contribution in [0.4, 0.5) is 0 Å². The molecule has 0 radical (unpaired) electrons. The summed E-state index contributed by atoms with van der Waals surface area (Å²) < 4.78 is 15.8. The second-order valence-corrected chi connectivity index (χ2v) is 6.54. The maximum atomic E-state index is 12.2. The minimum atomic E-state index is -0.608. The second-order valence-electron chi connectivity index (χ2n) is 5.69. The van der Waals surface area contributed by atoms with Crippen LogP contribution in [-0.4, -0.2) is 24.4 Å². The van der Waals surface area contributed by atoms with Crippen LogP contribution in [0.3, 0.4) is 0 Å². The molecule has 1 aliphatic rings. The molecular formula is C20H15Cl2NO5. The number of aliphatic imine (C=N–C) groups is 1. The van der Waals surface area contributed by atoms with Gasteiger partial charge in [0.15, 0.2) is 17.2 Å². The van der Waals surface area contributed by atoms with E-state index in [-0.39, 0.29) is 11.6 Å². The standard InChI is InChI=1S/C20H15Cl2NO5/c1-3-26-18-9-12(4-7-17(18)27-11(2)24)8-16-20(25)28-19(23-16)14-6-5-13(21)10-15(14)22/h4-10H,3H2,1-2H3. The molecule has 0 N–H and O–H groups in total. The van der Waals surface area contributed by atoms with Crippen LogP contribution >= 0.6 is 23.2 Å². The summed E-state index contributed by atoms with van der Waals surface area (Å²) in [5, 5.41) is 0.787. The number of halogens is 2. The lowest BCUT2D eigenvalue weighted by molar-refractivity contribution is -0.132. The fourth-order valence-corrected chi connectivity index (χ4v) is 2.96. The highest BCUT2D eigenvalue weighted by Gasteiger charge is 2.25. The minimum absolute atomic E-state index is 0.0967. The van der Waals surface area contributed by atoms with Gasteiger partial charge in [0.1, 0.15) is 0 Å². The number of hydrogen-bond acceptors (Lipinski definition) is 6. The monoisotopic (exact) mass is 419 g/mol. The number of ether oxygens (including phenoxy) is 3.